The van der Waals surface area contributed by atoms with Crippen LogP contribution in [-0.2, 0) is 0 Å². The van der Waals surface area contributed by atoms with E-state index in [2.05, 4.69) is 27.2 Å². The number of hydrogen-bond donors (Lipinski definition) is 0. The first-order valence-corrected chi connectivity index (χ1v) is 5.54. The summed E-state index contributed by atoms with van der Waals surface area (Å²) in [6, 6.07) is 7.85. The zero-order chi connectivity index (χ0) is 11.8. The molecule has 0 amide bonds. The summed E-state index contributed by atoms with van der Waals surface area (Å²) < 4.78 is 1.76. The number of aromatic nitrogens is 4. The molecule has 0 aliphatic rings. The highest BCUT2D eigenvalue weighted by molar-refractivity contribution is 6.29. The molecule has 0 saturated carbocycles. The predicted octanol–water partition coefficient (Wildman–Crippen LogP) is 2.78. The zero-order valence-corrected chi connectivity index (χ0v) is 9.89. The molecule has 2 aromatic heterocycles. The minimum atomic E-state index is 0.409. The standard InChI is InChI=1S/C12H9ClN4/c1-8-2-3-9-6-16-17(10(9)4-8)12-5-11(13)14-7-15-12/h2-7H,1H3. The maximum Gasteiger partial charge on any atom is 0.158 e. The van der Waals surface area contributed by atoms with Gasteiger partial charge in [-0.1, -0.05) is 23.7 Å². The number of halogens is 1. The van der Waals surface area contributed by atoms with Gasteiger partial charge in [-0.15, -0.1) is 0 Å². The molecule has 84 valence electrons. The summed E-state index contributed by atoms with van der Waals surface area (Å²) in [6.45, 7) is 2.05. The van der Waals surface area contributed by atoms with E-state index >= 15 is 0 Å². The normalized spacial score (nSPS) is 10.9. The van der Waals surface area contributed by atoms with Gasteiger partial charge in [0.15, 0.2) is 5.82 Å². The highest BCUT2D eigenvalue weighted by Gasteiger charge is 2.06. The zero-order valence-electron chi connectivity index (χ0n) is 9.13. The molecule has 4 nitrogen and oxygen atoms in total. The Hall–Kier alpha value is -1.94. The fourth-order valence-electron chi connectivity index (χ4n) is 1.75. The largest absolute Gasteiger partial charge is 0.224 e. The van der Waals surface area contributed by atoms with Gasteiger partial charge in [0.2, 0.25) is 0 Å². The molecule has 5 heteroatoms. The van der Waals surface area contributed by atoms with E-state index in [1.807, 2.05) is 19.2 Å². The number of fused-ring (bicyclic) bond motifs is 1. The summed E-state index contributed by atoms with van der Waals surface area (Å²) in [5, 5.41) is 5.80. The Kier molecular flexibility index (Phi) is 2.30. The Labute approximate surface area is 103 Å². The van der Waals surface area contributed by atoms with Crippen LogP contribution in [0.5, 0.6) is 0 Å². The molecule has 0 radical (unpaired) electrons. The summed E-state index contributed by atoms with van der Waals surface area (Å²) in [7, 11) is 0. The van der Waals surface area contributed by atoms with E-state index in [1.54, 1.807) is 10.7 Å². The predicted molar refractivity (Wildman–Crippen MR) is 66.4 cm³/mol. The van der Waals surface area contributed by atoms with Crippen molar-refractivity contribution in [2.75, 3.05) is 0 Å². The summed E-state index contributed by atoms with van der Waals surface area (Å²) in [5.74, 6) is 0.672. The van der Waals surface area contributed by atoms with Gasteiger partial charge in [-0.25, -0.2) is 14.6 Å². The highest BCUT2D eigenvalue weighted by Crippen LogP contribution is 2.19. The highest BCUT2D eigenvalue weighted by atomic mass is 35.5. The van der Waals surface area contributed by atoms with Crippen LogP contribution in [0.3, 0.4) is 0 Å². The van der Waals surface area contributed by atoms with E-state index in [0.29, 0.717) is 11.0 Å². The molecule has 0 aliphatic heterocycles. The van der Waals surface area contributed by atoms with Gasteiger partial charge in [0.25, 0.3) is 0 Å². The second-order valence-electron chi connectivity index (χ2n) is 3.82. The van der Waals surface area contributed by atoms with Gasteiger partial charge < -0.3 is 0 Å². The SMILES string of the molecule is Cc1ccc2cnn(-c3cc(Cl)ncn3)c2c1. The number of rotatable bonds is 1. The molecule has 0 fully saturated rings. The van der Waals surface area contributed by atoms with Crippen molar-refractivity contribution in [1.82, 2.24) is 19.7 Å². The average molecular weight is 245 g/mol. The van der Waals surface area contributed by atoms with Crippen LogP contribution in [0.15, 0.2) is 36.8 Å². The van der Waals surface area contributed by atoms with Crippen molar-refractivity contribution in [3.63, 3.8) is 0 Å². The Morgan fingerprint density at radius 2 is 2.06 bits per heavy atom. The molecule has 0 spiro atoms. The van der Waals surface area contributed by atoms with E-state index in [0.717, 1.165) is 10.9 Å². The van der Waals surface area contributed by atoms with Crippen molar-refractivity contribution in [2.24, 2.45) is 0 Å². The van der Waals surface area contributed by atoms with Crippen molar-refractivity contribution in [2.45, 2.75) is 6.92 Å². The molecular formula is C12H9ClN4. The smallest absolute Gasteiger partial charge is 0.158 e. The lowest BCUT2D eigenvalue weighted by Gasteiger charge is -2.02. The van der Waals surface area contributed by atoms with Gasteiger partial charge in [0.1, 0.15) is 11.5 Å². The van der Waals surface area contributed by atoms with Gasteiger partial charge in [-0.05, 0) is 18.6 Å². The second kappa shape index (κ2) is 3.82. The molecule has 0 saturated heterocycles. The fourth-order valence-corrected chi connectivity index (χ4v) is 1.89. The number of benzene rings is 1. The molecule has 0 N–H and O–H groups in total. The van der Waals surface area contributed by atoms with E-state index < -0.39 is 0 Å². The third kappa shape index (κ3) is 1.76. The minimum absolute atomic E-state index is 0.409. The molecule has 3 rings (SSSR count). The van der Waals surface area contributed by atoms with Gasteiger partial charge >= 0.3 is 0 Å². The van der Waals surface area contributed by atoms with Crippen molar-refractivity contribution in [3.05, 3.63) is 47.5 Å². The van der Waals surface area contributed by atoms with Crippen molar-refractivity contribution in [3.8, 4) is 5.82 Å². The average Bonchev–Trinajstić information content (AvgIpc) is 2.71. The third-order valence-electron chi connectivity index (χ3n) is 2.56. The lowest BCUT2D eigenvalue weighted by Crippen LogP contribution is -1.99. The van der Waals surface area contributed by atoms with Crippen LogP contribution >= 0.6 is 11.6 Å². The summed E-state index contributed by atoms with van der Waals surface area (Å²) in [4.78, 5) is 8.03. The van der Waals surface area contributed by atoms with E-state index in [1.165, 1.54) is 11.9 Å². The van der Waals surface area contributed by atoms with Crippen LogP contribution in [-0.4, -0.2) is 19.7 Å². The molecule has 1 aromatic carbocycles. The minimum Gasteiger partial charge on any atom is -0.224 e. The third-order valence-corrected chi connectivity index (χ3v) is 2.77. The first kappa shape index (κ1) is 10.2. The number of hydrogen-bond acceptors (Lipinski definition) is 3. The van der Waals surface area contributed by atoms with E-state index in [-0.39, 0.29) is 0 Å². The van der Waals surface area contributed by atoms with Crippen molar-refractivity contribution in [1.29, 1.82) is 0 Å². The van der Waals surface area contributed by atoms with Crippen LogP contribution in [0, 0.1) is 6.92 Å². The van der Waals surface area contributed by atoms with Crippen LogP contribution in [0.2, 0.25) is 5.15 Å². The summed E-state index contributed by atoms with van der Waals surface area (Å²) in [5.41, 5.74) is 2.19. The lowest BCUT2D eigenvalue weighted by molar-refractivity contribution is 0.865. The van der Waals surface area contributed by atoms with Gasteiger partial charge in [0.05, 0.1) is 11.7 Å². The summed E-state index contributed by atoms with van der Waals surface area (Å²) >= 11 is 5.85. The summed E-state index contributed by atoms with van der Waals surface area (Å²) in [6.07, 6.45) is 3.24. The number of aryl methyl sites for hydroxylation is 1. The Balaban J connectivity index is 2.27. The monoisotopic (exact) mass is 244 g/mol. The van der Waals surface area contributed by atoms with E-state index in [4.69, 9.17) is 11.6 Å². The van der Waals surface area contributed by atoms with E-state index in [9.17, 15) is 0 Å². The molecule has 17 heavy (non-hydrogen) atoms. The Morgan fingerprint density at radius 3 is 2.88 bits per heavy atom. The van der Waals surface area contributed by atoms with Crippen LogP contribution < -0.4 is 0 Å². The van der Waals surface area contributed by atoms with Crippen LogP contribution in [0.25, 0.3) is 16.7 Å². The molecule has 2 heterocycles. The van der Waals surface area contributed by atoms with Crippen molar-refractivity contribution < 1.29 is 0 Å². The molecule has 0 aliphatic carbocycles. The maximum atomic E-state index is 5.85. The Bertz CT molecular complexity index is 690. The Morgan fingerprint density at radius 1 is 1.18 bits per heavy atom. The van der Waals surface area contributed by atoms with Gasteiger partial charge in [-0.2, -0.15) is 5.10 Å². The van der Waals surface area contributed by atoms with Gasteiger partial charge in [-0.3, -0.25) is 0 Å². The molecule has 0 unspecified atom stereocenters. The van der Waals surface area contributed by atoms with Crippen molar-refractivity contribution >= 4 is 22.5 Å². The fraction of sp³-hybridized carbons (Fsp3) is 0.0833. The molecule has 3 aromatic rings. The molecule has 0 atom stereocenters. The molecular weight excluding hydrogens is 236 g/mol. The first-order chi connectivity index (χ1) is 8.24. The molecule has 0 bridgehead atoms. The van der Waals surface area contributed by atoms with Crippen LogP contribution in [0.4, 0.5) is 0 Å². The quantitative estimate of drug-likeness (QED) is 0.618. The number of nitrogens with zero attached hydrogens (tertiary/aromatic N) is 4. The van der Waals surface area contributed by atoms with Crippen LogP contribution in [0.1, 0.15) is 5.56 Å². The maximum absolute atomic E-state index is 5.85. The van der Waals surface area contributed by atoms with Gasteiger partial charge in [0, 0.05) is 11.5 Å². The lowest BCUT2D eigenvalue weighted by atomic mass is 10.2. The topological polar surface area (TPSA) is 43.6 Å². The second-order valence-corrected chi connectivity index (χ2v) is 4.20. The first-order valence-electron chi connectivity index (χ1n) is 5.16.